The molecule has 0 bridgehead atoms. The molecule has 0 unspecified atom stereocenters. The zero-order chi connectivity index (χ0) is 17.1. The molecule has 0 aliphatic carbocycles. The fourth-order valence-electron chi connectivity index (χ4n) is 2.45. The maximum absolute atomic E-state index is 12.3. The van der Waals surface area contributed by atoms with E-state index >= 15 is 0 Å². The van der Waals surface area contributed by atoms with Crippen LogP contribution in [0.3, 0.4) is 0 Å². The third kappa shape index (κ3) is 3.25. The molecule has 1 amide bonds. The maximum Gasteiger partial charge on any atom is 0.273 e. The molecule has 0 aliphatic heterocycles. The molecule has 2 N–H and O–H groups in total. The van der Waals surface area contributed by atoms with Gasteiger partial charge in [0.25, 0.3) is 5.91 Å². The molecule has 0 saturated heterocycles. The number of hydrogen-bond acceptors (Lipinski definition) is 4. The number of aryl methyl sites for hydroxylation is 2. The number of nitrogens with one attached hydrogen (secondary N) is 1. The fraction of sp³-hybridized carbons (Fsp3) is 0.105. The van der Waals surface area contributed by atoms with Crippen LogP contribution in [0.1, 0.15) is 27.2 Å². The number of fused-ring (bicyclic) bond motifs is 1. The first kappa shape index (κ1) is 15.7. The molecule has 5 nitrogen and oxygen atoms in total. The van der Waals surface area contributed by atoms with Crippen molar-refractivity contribution >= 4 is 23.0 Å². The summed E-state index contributed by atoms with van der Waals surface area (Å²) in [6.07, 6.45) is 1.52. The first-order valence-electron chi connectivity index (χ1n) is 7.54. The molecule has 1 aromatic heterocycles. The van der Waals surface area contributed by atoms with Gasteiger partial charge in [-0.2, -0.15) is 5.10 Å². The number of hydrazone groups is 1. The minimum absolute atomic E-state index is 0.185. The summed E-state index contributed by atoms with van der Waals surface area (Å²) in [5.41, 5.74) is 6.42. The molecule has 0 spiro atoms. The van der Waals surface area contributed by atoms with Gasteiger partial charge in [0.1, 0.15) is 5.75 Å². The molecular weight excluding hydrogens is 302 g/mol. The number of pyridine rings is 1. The van der Waals surface area contributed by atoms with E-state index in [1.165, 1.54) is 6.21 Å². The van der Waals surface area contributed by atoms with Crippen LogP contribution < -0.4 is 5.43 Å². The molecule has 0 saturated carbocycles. The number of hydrogen-bond donors (Lipinski definition) is 2. The lowest BCUT2D eigenvalue weighted by atomic mass is 10.1. The average Bonchev–Trinajstić information content (AvgIpc) is 2.57. The molecule has 24 heavy (non-hydrogen) atoms. The van der Waals surface area contributed by atoms with E-state index in [1.54, 1.807) is 24.3 Å². The summed E-state index contributed by atoms with van der Waals surface area (Å²) in [4.78, 5) is 16.9. The molecule has 3 aromatic rings. The summed E-state index contributed by atoms with van der Waals surface area (Å²) in [6, 6.07) is 14.2. The van der Waals surface area contributed by atoms with Gasteiger partial charge in [-0.3, -0.25) is 9.78 Å². The Balaban J connectivity index is 1.81. The highest BCUT2D eigenvalue weighted by atomic mass is 16.3. The number of nitrogens with zero attached hydrogens (tertiary/aromatic N) is 2. The Morgan fingerprint density at radius 1 is 1.17 bits per heavy atom. The Morgan fingerprint density at radius 3 is 2.67 bits per heavy atom. The van der Waals surface area contributed by atoms with E-state index in [-0.39, 0.29) is 11.7 Å². The van der Waals surface area contributed by atoms with Gasteiger partial charge in [-0.25, -0.2) is 5.43 Å². The highest BCUT2D eigenvalue weighted by molar-refractivity contribution is 5.99. The van der Waals surface area contributed by atoms with Gasteiger partial charge in [0, 0.05) is 5.39 Å². The van der Waals surface area contributed by atoms with Crippen LogP contribution in [0.2, 0.25) is 0 Å². The second kappa shape index (κ2) is 6.50. The minimum Gasteiger partial charge on any atom is -0.508 e. The number of carbonyl (C=O) groups excluding carboxylic acids is 1. The second-order valence-corrected chi connectivity index (χ2v) is 5.56. The van der Waals surface area contributed by atoms with Gasteiger partial charge in [0.05, 0.1) is 23.0 Å². The third-order valence-corrected chi connectivity index (χ3v) is 3.76. The van der Waals surface area contributed by atoms with Gasteiger partial charge >= 0.3 is 0 Å². The Labute approximate surface area is 139 Å². The number of amides is 1. The van der Waals surface area contributed by atoms with Crippen molar-refractivity contribution < 1.29 is 9.90 Å². The Morgan fingerprint density at radius 2 is 1.92 bits per heavy atom. The van der Waals surface area contributed by atoms with Crippen molar-refractivity contribution in [3.05, 3.63) is 70.9 Å². The monoisotopic (exact) mass is 319 g/mol. The van der Waals surface area contributed by atoms with Crippen LogP contribution in [0, 0.1) is 13.8 Å². The van der Waals surface area contributed by atoms with Crippen LogP contribution >= 0.6 is 0 Å². The summed E-state index contributed by atoms with van der Waals surface area (Å²) < 4.78 is 0. The van der Waals surface area contributed by atoms with Gasteiger partial charge in [-0.1, -0.05) is 18.2 Å². The number of para-hydroxylation sites is 1. The molecule has 5 heteroatoms. The summed E-state index contributed by atoms with van der Waals surface area (Å²) >= 11 is 0. The number of benzene rings is 2. The minimum atomic E-state index is -0.307. The van der Waals surface area contributed by atoms with E-state index in [9.17, 15) is 9.90 Å². The normalized spacial score (nSPS) is 11.1. The molecule has 2 aromatic carbocycles. The topological polar surface area (TPSA) is 74.6 Å². The standard InChI is InChI=1S/C19H17N3O2/c1-12-4-3-5-15-10-17(13(2)21-18(12)15)19(24)22-20-11-14-6-8-16(23)9-7-14/h3-11,23H,1-2H3,(H,22,24). The zero-order valence-electron chi connectivity index (χ0n) is 13.4. The maximum atomic E-state index is 12.3. The average molecular weight is 319 g/mol. The molecule has 3 rings (SSSR count). The number of rotatable bonds is 3. The SMILES string of the molecule is Cc1nc2c(C)cccc2cc1C(=O)NN=Cc1ccc(O)cc1. The van der Waals surface area contributed by atoms with Crippen LogP contribution in [-0.4, -0.2) is 22.2 Å². The lowest BCUT2D eigenvalue weighted by Gasteiger charge is -2.07. The predicted octanol–water partition coefficient (Wildman–Crippen LogP) is 3.32. The van der Waals surface area contributed by atoms with Crippen LogP contribution in [0.25, 0.3) is 10.9 Å². The number of carbonyl (C=O) groups is 1. The Kier molecular flexibility index (Phi) is 4.24. The van der Waals surface area contributed by atoms with E-state index in [0.29, 0.717) is 11.3 Å². The van der Waals surface area contributed by atoms with Crippen molar-refractivity contribution in [2.24, 2.45) is 5.10 Å². The third-order valence-electron chi connectivity index (χ3n) is 3.76. The van der Waals surface area contributed by atoms with Crippen LogP contribution in [-0.2, 0) is 0 Å². The Bertz CT molecular complexity index is 931. The Hall–Kier alpha value is -3.21. The number of aromatic hydroxyl groups is 1. The number of aromatic nitrogens is 1. The van der Waals surface area contributed by atoms with E-state index in [1.807, 2.05) is 38.1 Å². The first-order chi connectivity index (χ1) is 11.5. The molecule has 120 valence electrons. The zero-order valence-corrected chi connectivity index (χ0v) is 13.4. The van der Waals surface area contributed by atoms with Crippen molar-refractivity contribution in [1.82, 2.24) is 10.4 Å². The summed E-state index contributed by atoms with van der Waals surface area (Å²) in [5, 5.41) is 14.1. The molecule has 0 atom stereocenters. The molecule has 0 radical (unpaired) electrons. The van der Waals surface area contributed by atoms with Crippen molar-refractivity contribution in [1.29, 1.82) is 0 Å². The predicted molar refractivity (Wildman–Crippen MR) is 94.4 cm³/mol. The molecular formula is C19H17N3O2. The lowest BCUT2D eigenvalue weighted by Crippen LogP contribution is -2.19. The molecule has 0 aliphatic rings. The summed E-state index contributed by atoms with van der Waals surface area (Å²) in [6.45, 7) is 3.81. The largest absolute Gasteiger partial charge is 0.508 e. The van der Waals surface area contributed by atoms with E-state index in [2.05, 4.69) is 15.5 Å². The summed E-state index contributed by atoms with van der Waals surface area (Å²) in [7, 11) is 0. The van der Waals surface area contributed by atoms with Crippen LogP contribution in [0.4, 0.5) is 0 Å². The van der Waals surface area contributed by atoms with Gasteiger partial charge in [-0.15, -0.1) is 0 Å². The molecule has 0 fully saturated rings. The van der Waals surface area contributed by atoms with Crippen molar-refractivity contribution in [3.8, 4) is 5.75 Å². The van der Waals surface area contributed by atoms with Gasteiger partial charge in [-0.05, 0) is 55.3 Å². The lowest BCUT2D eigenvalue weighted by molar-refractivity contribution is 0.0954. The van der Waals surface area contributed by atoms with E-state index in [4.69, 9.17) is 0 Å². The fourth-order valence-corrected chi connectivity index (χ4v) is 2.45. The van der Waals surface area contributed by atoms with Crippen molar-refractivity contribution in [2.75, 3.05) is 0 Å². The van der Waals surface area contributed by atoms with Gasteiger partial charge < -0.3 is 5.11 Å². The quantitative estimate of drug-likeness (QED) is 0.574. The number of phenols is 1. The van der Waals surface area contributed by atoms with Crippen molar-refractivity contribution in [3.63, 3.8) is 0 Å². The van der Waals surface area contributed by atoms with Crippen LogP contribution in [0.15, 0.2) is 53.6 Å². The van der Waals surface area contributed by atoms with Gasteiger partial charge in [0.15, 0.2) is 0 Å². The first-order valence-corrected chi connectivity index (χ1v) is 7.54. The van der Waals surface area contributed by atoms with Crippen molar-refractivity contribution in [2.45, 2.75) is 13.8 Å². The summed E-state index contributed by atoms with van der Waals surface area (Å²) in [5.74, 6) is -0.122. The van der Waals surface area contributed by atoms with E-state index in [0.717, 1.165) is 22.0 Å². The molecule has 1 heterocycles. The number of phenolic OH excluding ortho intramolecular Hbond substituents is 1. The highest BCUT2D eigenvalue weighted by Gasteiger charge is 2.11. The van der Waals surface area contributed by atoms with E-state index < -0.39 is 0 Å². The smallest absolute Gasteiger partial charge is 0.273 e. The van der Waals surface area contributed by atoms with Gasteiger partial charge in [0.2, 0.25) is 0 Å². The second-order valence-electron chi connectivity index (χ2n) is 5.56. The van der Waals surface area contributed by atoms with Crippen LogP contribution in [0.5, 0.6) is 5.75 Å². The highest BCUT2D eigenvalue weighted by Crippen LogP contribution is 2.19.